The monoisotopic (exact) mass is 298 g/mol. The molecule has 0 saturated carbocycles. The highest BCUT2D eigenvalue weighted by Gasteiger charge is 2.12. The van der Waals surface area contributed by atoms with E-state index in [1.165, 1.54) is 5.56 Å². The van der Waals surface area contributed by atoms with E-state index in [-0.39, 0.29) is 0 Å². The number of sulfonamides is 1. The number of hydrogen-bond donors (Lipinski definition) is 2. The van der Waals surface area contributed by atoms with Crippen molar-refractivity contribution in [3.8, 4) is 0 Å². The van der Waals surface area contributed by atoms with Gasteiger partial charge in [0, 0.05) is 6.54 Å². The zero-order chi connectivity index (χ0) is 15.0. The van der Waals surface area contributed by atoms with Crippen molar-refractivity contribution in [3.05, 3.63) is 29.8 Å². The van der Waals surface area contributed by atoms with E-state index >= 15 is 0 Å². The van der Waals surface area contributed by atoms with Crippen molar-refractivity contribution in [2.24, 2.45) is 5.92 Å². The van der Waals surface area contributed by atoms with Crippen molar-refractivity contribution in [1.82, 2.24) is 10.0 Å². The summed E-state index contributed by atoms with van der Waals surface area (Å²) in [4.78, 5) is 0.343. The van der Waals surface area contributed by atoms with Crippen molar-refractivity contribution in [2.75, 3.05) is 20.1 Å². The van der Waals surface area contributed by atoms with E-state index in [2.05, 4.69) is 23.9 Å². The third-order valence-corrected chi connectivity index (χ3v) is 4.62. The molecule has 0 aromatic heterocycles. The molecule has 1 aromatic rings. The minimum Gasteiger partial charge on any atom is -0.320 e. The zero-order valence-corrected chi connectivity index (χ0v) is 13.5. The first-order valence-corrected chi connectivity index (χ1v) is 8.67. The molecule has 20 heavy (non-hydrogen) atoms. The van der Waals surface area contributed by atoms with Crippen LogP contribution < -0.4 is 10.0 Å². The lowest BCUT2D eigenvalue weighted by Gasteiger charge is -2.08. The lowest BCUT2D eigenvalue weighted by Crippen LogP contribution is -2.26. The summed E-state index contributed by atoms with van der Waals surface area (Å²) in [7, 11) is -1.51. The Morgan fingerprint density at radius 3 is 2.30 bits per heavy atom. The van der Waals surface area contributed by atoms with Gasteiger partial charge in [0.2, 0.25) is 10.0 Å². The summed E-state index contributed by atoms with van der Waals surface area (Å²) in [6, 6.07) is 7.20. The topological polar surface area (TPSA) is 58.2 Å². The largest absolute Gasteiger partial charge is 0.320 e. The first kappa shape index (κ1) is 17.1. The maximum Gasteiger partial charge on any atom is 0.240 e. The van der Waals surface area contributed by atoms with Gasteiger partial charge in [-0.05, 0) is 56.5 Å². The molecule has 0 aliphatic carbocycles. The van der Waals surface area contributed by atoms with Crippen LogP contribution in [0.25, 0.3) is 0 Å². The molecular weight excluding hydrogens is 272 g/mol. The Labute approximate surface area is 123 Å². The summed E-state index contributed by atoms with van der Waals surface area (Å²) in [5.74, 6) is 0.659. The van der Waals surface area contributed by atoms with Crippen molar-refractivity contribution >= 4 is 10.0 Å². The molecule has 2 N–H and O–H groups in total. The minimum absolute atomic E-state index is 0.343. The molecule has 0 radical (unpaired) electrons. The van der Waals surface area contributed by atoms with Gasteiger partial charge in [0.1, 0.15) is 0 Å². The lowest BCUT2D eigenvalue weighted by molar-refractivity contribution is 0.576. The van der Waals surface area contributed by atoms with Crippen LogP contribution in [0.3, 0.4) is 0 Å². The van der Waals surface area contributed by atoms with Crippen LogP contribution in [0.15, 0.2) is 29.2 Å². The Bertz CT molecular complexity index is 481. The Hall–Kier alpha value is -0.910. The minimum atomic E-state index is -3.37. The SMILES string of the molecule is CNCCCNS(=O)(=O)c1ccc(CCC(C)C)cc1. The molecule has 0 aliphatic rings. The fourth-order valence-corrected chi connectivity index (χ4v) is 2.92. The molecule has 0 fully saturated rings. The smallest absolute Gasteiger partial charge is 0.240 e. The zero-order valence-electron chi connectivity index (χ0n) is 12.6. The second kappa shape index (κ2) is 8.39. The van der Waals surface area contributed by atoms with Gasteiger partial charge in [-0.25, -0.2) is 13.1 Å². The molecule has 0 saturated heterocycles. The molecule has 0 unspecified atom stereocenters. The molecule has 5 heteroatoms. The van der Waals surface area contributed by atoms with Crippen molar-refractivity contribution in [2.45, 2.75) is 38.0 Å². The predicted octanol–water partition coefficient (Wildman–Crippen LogP) is 2.16. The first-order valence-electron chi connectivity index (χ1n) is 7.19. The second-order valence-corrected chi connectivity index (χ2v) is 7.20. The van der Waals surface area contributed by atoms with E-state index in [0.717, 1.165) is 25.8 Å². The maximum absolute atomic E-state index is 12.0. The lowest BCUT2D eigenvalue weighted by atomic mass is 10.0. The van der Waals surface area contributed by atoms with E-state index < -0.39 is 10.0 Å². The Balaban J connectivity index is 2.57. The van der Waals surface area contributed by atoms with Crippen molar-refractivity contribution in [3.63, 3.8) is 0 Å². The van der Waals surface area contributed by atoms with Crippen LogP contribution in [0.2, 0.25) is 0 Å². The first-order chi connectivity index (χ1) is 9.45. The van der Waals surface area contributed by atoms with E-state index in [4.69, 9.17) is 0 Å². The Kier molecular flexibility index (Phi) is 7.19. The number of benzene rings is 1. The molecule has 0 aliphatic heterocycles. The normalized spacial score (nSPS) is 12.0. The molecule has 1 rings (SSSR count). The van der Waals surface area contributed by atoms with Crippen LogP contribution >= 0.6 is 0 Å². The fraction of sp³-hybridized carbons (Fsp3) is 0.600. The van der Waals surface area contributed by atoms with Gasteiger partial charge in [0.15, 0.2) is 0 Å². The third-order valence-electron chi connectivity index (χ3n) is 3.14. The Morgan fingerprint density at radius 2 is 1.75 bits per heavy atom. The molecule has 0 heterocycles. The van der Waals surface area contributed by atoms with Crippen LogP contribution in [-0.2, 0) is 16.4 Å². The molecule has 1 aromatic carbocycles. The number of aryl methyl sites for hydroxylation is 1. The van der Waals surface area contributed by atoms with Crippen LogP contribution in [0.5, 0.6) is 0 Å². The summed E-state index contributed by atoms with van der Waals surface area (Å²) in [6.07, 6.45) is 2.89. The number of hydrogen-bond acceptors (Lipinski definition) is 3. The predicted molar refractivity (Wildman–Crippen MR) is 83.3 cm³/mol. The Morgan fingerprint density at radius 1 is 1.10 bits per heavy atom. The van der Waals surface area contributed by atoms with Crippen LogP contribution in [0, 0.1) is 5.92 Å². The summed E-state index contributed by atoms with van der Waals surface area (Å²) >= 11 is 0. The van der Waals surface area contributed by atoms with E-state index in [9.17, 15) is 8.42 Å². The van der Waals surface area contributed by atoms with Gasteiger partial charge in [-0.3, -0.25) is 0 Å². The molecule has 114 valence electrons. The number of nitrogens with one attached hydrogen (secondary N) is 2. The summed E-state index contributed by atoms with van der Waals surface area (Å²) in [5.41, 5.74) is 1.19. The van der Waals surface area contributed by atoms with Gasteiger partial charge in [-0.2, -0.15) is 0 Å². The highest BCUT2D eigenvalue weighted by atomic mass is 32.2. The quantitative estimate of drug-likeness (QED) is 0.687. The third kappa shape index (κ3) is 6.03. The van der Waals surface area contributed by atoms with E-state index in [0.29, 0.717) is 17.4 Å². The second-order valence-electron chi connectivity index (χ2n) is 5.43. The van der Waals surface area contributed by atoms with Gasteiger partial charge < -0.3 is 5.32 Å². The average Bonchev–Trinajstić information content (AvgIpc) is 2.42. The van der Waals surface area contributed by atoms with Crippen LogP contribution in [-0.4, -0.2) is 28.6 Å². The molecule has 0 bridgehead atoms. The molecule has 4 nitrogen and oxygen atoms in total. The highest BCUT2D eigenvalue weighted by molar-refractivity contribution is 7.89. The van der Waals surface area contributed by atoms with Gasteiger partial charge >= 0.3 is 0 Å². The average molecular weight is 298 g/mol. The van der Waals surface area contributed by atoms with Gasteiger partial charge in [-0.1, -0.05) is 26.0 Å². The molecule has 0 atom stereocenters. The van der Waals surface area contributed by atoms with Crippen molar-refractivity contribution in [1.29, 1.82) is 0 Å². The van der Waals surface area contributed by atoms with E-state index in [1.54, 1.807) is 12.1 Å². The van der Waals surface area contributed by atoms with Crippen LogP contribution in [0.4, 0.5) is 0 Å². The summed E-state index contributed by atoms with van der Waals surface area (Å²) in [6.45, 7) is 5.64. The standard InChI is InChI=1S/C15H26N2O2S/c1-13(2)5-6-14-7-9-15(10-8-14)20(18,19)17-12-4-11-16-3/h7-10,13,16-17H,4-6,11-12H2,1-3H3. The van der Waals surface area contributed by atoms with Crippen molar-refractivity contribution < 1.29 is 8.42 Å². The molecule has 0 amide bonds. The van der Waals surface area contributed by atoms with Gasteiger partial charge in [0.05, 0.1) is 4.90 Å². The van der Waals surface area contributed by atoms with E-state index in [1.807, 2.05) is 19.2 Å². The maximum atomic E-state index is 12.0. The fourth-order valence-electron chi connectivity index (χ4n) is 1.85. The molecular formula is C15H26N2O2S. The van der Waals surface area contributed by atoms with Gasteiger partial charge in [-0.15, -0.1) is 0 Å². The van der Waals surface area contributed by atoms with Crippen LogP contribution in [0.1, 0.15) is 32.3 Å². The number of rotatable bonds is 9. The molecule has 0 spiro atoms. The summed E-state index contributed by atoms with van der Waals surface area (Å²) < 4.78 is 26.7. The highest BCUT2D eigenvalue weighted by Crippen LogP contribution is 2.13. The summed E-state index contributed by atoms with van der Waals surface area (Å²) in [5, 5.41) is 2.99. The van der Waals surface area contributed by atoms with Gasteiger partial charge in [0.25, 0.3) is 0 Å².